The van der Waals surface area contributed by atoms with E-state index in [2.05, 4.69) is 12.2 Å². The number of hydrogen-bond donors (Lipinski definition) is 4. The first-order valence-corrected chi connectivity index (χ1v) is 7.05. The van der Waals surface area contributed by atoms with E-state index in [4.69, 9.17) is 0 Å². The maximum Gasteiger partial charge on any atom is 0.220 e. The van der Waals surface area contributed by atoms with Gasteiger partial charge in [0.2, 0.25) is 5.91 Å². The van der Waals surface area contributed by atoms with Gasteiger partial charge in [-0.2, -0.15) is 0 Å². The van der Waals surface area contributed by atoms with Gasteiger partial charge in [-0.3, -0.25) is 9.69 Å². The van der Waals surface area contributed by atoms with Crippen LogP contribution >= 0.6 is 0 Å². The molecule has 19 heavy (non-hydrogen) atoms. The molecule has 0 aliphatic carbocycles. The van der Waals surface area contributed by atoms with Gasteiger partial charge in [0.05, 0.1) is 24.8 Å². The maximum absolute atomic E-state index is 11.4. The molecule has 6 nitrogen and oxygen atoms in total. The molecule has 4 N–H and O–H groups in total. The molecule has 1 fully saturated rings. The van der Waals surface area contributed by atoms with Crippen molar-refractivity contribution in [3.05, 3.63) is 0 Å². The van der Waals surface area contributed by atoms with Crippen molar-refractivity contribution >= 4 is 5.91 Å². The summed E-state index contributed by atoms with van der Waals surface area (Å²) in [4.78, 5) is 13.4. The van der Waals surface area contributed by atoms with Gasteiger partial charge in [0.25, 0.3) is 0 Å². The molecule has 6 heteroatoms. The molecule has 1 amide bonds. The third kappa shape index (κ3) is 4.14. The van der Waals surface area contributed by atoms with Crippen LogP contribution in [-0.2, 0) is 4.79 Å². The monoisotopic (exact) mass is 274 g/mol. The van der Waals surface area contributed by atoms with Gasteiger partial charge in [0.15, 0.2) is 0 Å². The van der Waals surface area contributed by atoms with Gasteiger partial charge in [-0.25, -0.2) is 0 Å². The molecule has 0 spiro atoms. The zero-order valence-electron chi connectivity index (χ0n) is 11.7. The molecule has 1 aliphatic rings. The van der Waals surface area contributed by atoms with Crippen molar-refractivity contribution in [2.75, 3.05) is 19.7 Å². The van der Waals surface area contributed by atoms with Gasteiger partial charge in [-0.15, -0.1) is 0 Å². The Labute approximate surface area is 114 Å². The van der Waals surface area contributed by atoms with Gasteiger partial charge >= 0.3 is 0 Å². The van der Waals surface area contributed by atoms with E-state index in [1.807, 2.05) is 4.90 Å². The SMILES string of the molecule is CCCCN1C[C@H](NC(=O)CC)[C@@H](O)[C@H](O)[C@H]1CO. The Morgan fingerprint density at radius 2 is 2.00 bits per heavy atom. The van der Waals surface area contributed by atoms with Crippen molar-refractivity contribution in [2.24, 2.45) is 0 Å². The molecule has 1 saturated heterocycles. The van der Waals surface area contributed by atoms with E-state index in [1.165, 1.54) is 0 Å². The third-order valence-electron chi connectivity index (χ3n) is 3.71. The minimum absolute atomic E-state index is 0.144. The van der Waals surface area contributed by atoms with Crippen molar-refractivity contribution in [1.29, 1.82) is 0 Å². The van der Waals surface area contributed by atoms with Crippen LogP contribution in [0.15, 0.2) is 0 Å². The van der Waals surface area contributed by atoms with E-state index in [-0.39, 0.29) is 12.5 Å². The number of piperidine rings is 1. The molecular weight excluding hydrogens is 248 g/mol. The lowest BCUT2D eigenvalue weighted by Gasteiger charge is -2.45. The van der Waals surface area contributed by atoms with Gasteiger partial charge in [-0.05, 0) is 13.0 Å². The van der Waals surface area contributed by atoms with Gasteiger partial charge in [0, 0.05) is 13.0 Å². The highest BCUT2D eigenvalue weighted by atomic mass is 16.3. The number of carbonyl (C=O) groups excluding carboxylic acids is 1. The van der Waals surface area contributed by atoms with Crippen molar-refractivity contribution in [3.8, 4) is 0 Å². The standard InChI is InChI=1S/C13H26N2O4/c1-3-5-6-15-7-9(14-11(17)4-2)12(18)13(19)10(15)8-16/h9-10,12-13,16,18-19H,3-8H2,1-2H3,(H,14,17)/t9-,10+,12+,13+/m0/s1. The second-order valence-electron chi connectivity index (χ2n) is 5.11. The number of rotatable bonds is 6. The average molecular weight is 274 g/mol. The summed E-state index contributed by atoms with van der Waals surface area (Å²) in [5.41, 5.74) is 0. The van der Waals surface area contributed by atoms with Crippen LogP contribution in [0.4, 0.5) is 0 Å². The van der Waals surface area contributed by atoms with Crippen molar-refractivity contribution in [3.63, 3.8) is 0 Å². The average Bonchev–Trinajstić information content (AvgIpc) is 2.41. The summed E-state index contributed by atoms with van der Waals surface area (Å²) >= 11 is 0. The summed E-state index contributed by atoms with van der Waals surface area (Å²) in [5, 5.41) is 32.2. The Kier molecular flexibility index (Phi) is 6.71. The lowest BCUT2D eigenvalue weighted by molar-refractivity contribution is -0.130. The summed E-state index contributed by atoms with van der Waals surface area (Å²) in [6.07, 6.45) is 0.230. The molecule has 0 aromatic carbocycles. The second kappa shape index (κ2) is 7.79. The lowest BCUT2D eigenvalue weighted by Crippen LogP contribution is -2.66. The van der Waals surface area contributed by atoms with E-state index >= 15 is 0 Å². The molecule has 0 aromatic rings. The Morgan fingerprint density at radius 3 is 2.53 bits per heavy atom. The molecule has 0 bridgehead atoms. The lowest BCUT2D eigenvalue weighted by atomic mass is 9.92. The zero-order valence-corrected chi connectivity index (χ0v) is 11.7. The van der Waals surface area contributed by atoms with E-state index in [9.17, 15) is 20.1 Å². The highest BCUT2D eigenvalue weighted by molar-refractivity contribution is 5.75. The highest BCUT2D eigenvalue weighted by Crippen LogP contribution is 2.19. The first kappa shape index (κ1) is 16.4. The molecule has 1 heterocycles. The van der Waals surface area contributed by atoms with E-state index in [0.717, 1.165) is 19.4 Å². The number of unbranched alkanes of at least 4 members (excludes halogenated alkanes) is 1. The number of likely N-dealkylation sites (tertiary alicyclic amines) is 1. The quantitative estimate of drug-likeness (QED) is 0.503. The summed E-state index contributed by atoms with van der Waals surface area (Å²) in [7, 11) is 0. The number of nitrogens with zero attached hydrogens (tertiary/aromatic N) is 1. The Hall–Kier alpha value is -0.690. The second-order valence-corrected chi connectivity index (χ2v) is 5.11. The molecule has 4 atom stereocenters. The first-order chi connectivity index (χ1) is 9.04. The van der Waals surface area contributed by atoms with Gasteiger partial charge < -0.3 is 20.6 Å². The van der Waals surface area contributed by atoms with Crippen LogP contribution in [0, 0.1) is 0 Å². The fraction of sp³-hybridized carbons (Fsp3) is 0.923. The molecule has 0 radical (unpaired) electrons. The third-order valence-corrected chi connectivity index (χ3v) is 3.71. The molecule has 0 saturated carbocycles. The largest absolute Gasteiger partial charge is 0.395 e. The summed E-state index contributed by atoms with van der Waals surface area (Å²) < 4.78 is 0. The maximum atomic E-state index is 11.4. The first-order valence-electron chi connectivity index (χ1n) is 7.05. The van der Waals surface area contributed by atoms with Crippen LogP contribution in [0.2, 0.25) is 0 Å². The minimum Gasteiger partial charge on any atom is -0.395 e. The smallest absolute Gasteiger partial charge is 0.220 e. The van der Waals surface area contributed by atoms with Crippen LogP contribution in [-0.4, -0.2) is 70.1 Å². The van der Waals surface area contributed by atoms with Crippen LogP contribution < -0.4 is 5.32 Å². The van der Waals surface area contributed by atoms with Crippen LogP contribution in [0.5, 0.6) is 0 Å². The Balaban J connectivity index is 2.71. The number of amides is 1. The Bertz CT molecular complexity index is 288. The Morgan fingerprint density at radius 1 is 1.32 bits per heavy atom. The summed E-state index contributed by atoms with van der Waals surface area (Å²) in [6.45, 7) is 4.81. The van der Waals surface area contributed by atoms with E-state index in [0.29, 0.717) is 13.0 Å². The molecule has 112 valence electrons. The molecule has 1 aliphatic heterocycles. The highest BCUT2D eigenvalue weighted by Gasteiger charge is 2.41. The van der Waals surface area contributed by atoms with Crippen molar-refractivity contribution in [1.82, 2.24) is 10.2 Å². The van der Waals surface area contributed by atoms with Crippen molar-refractivity contribution < 1.29 is 20.1 Å². The summed E-state index contributed by atoms with van der Waals surface area (Å²) in [5.74, 6) is -0.144. The number of hydrogen-bond acceptors (Lipinski definition) is 5. The molecular formula is C13H26N2O4. The molecule has 1 rings (SSSR count). The topological polar surface area (TPSA) is 93.0 Å². The van der Waals surface area contributed by atoms with Crippen LogP contribution in [0.25, 0.3) is 0 Å². The summed E-state index contributed by atoms with van der Waals surface area (Å²) in [6, 6.07) is -0.946. The number of aliphatic hydroxyl groups is 3. The van der Waals surface area contributed by atoms with Crippen molar-refractivity contribution in [2.45, 2.75) is 57.4 Å². The fourth-order valence-corrected chi connectivity index (χ4v) is 2.46. The number of aliphatic hydroxyl groups excluding tert-OH is 3. The fourth-order valence-electron chi connectivity index (χ4n) is 2.46. The predicted octanol–water partition coefficient (Wildman–Crippen LogP) is -0.920. The number of nitrogens with one attached hydrogen (secondary N) is 1. The zero-order chi connectivity index (χ0) is 14.4. The predicted molar refractivity (Wildman–Crippen MR) is 71.6 cm³/mol. The van der Waals surface area contributed by atoms with E-state index in [1.54, 1.807) is 6.92 Å². The van der Waals surface area contributed by atoms with Gasteiger partial charge in [-0.1, -0.05) is 20.3 Å². The number of carbonyl (C=O) groups is 1. The van der Waals surface area contributed by atoms with E-state index < -0.39 is 24.3 Å². The van der Waals surface area contributed by atoms with Crippen LogP contribution in [0.1, 0.15) is 33.1 Å². The minimum atomic E-state index is -1.04. The normalized spacial score (nSPS) is 32.3. The van der Waals surface area contributed by atoms with Crippen LogP contribution in [0.3, 0.4) is 0 Å². The molecule has 0 aromatic heterocycles. The van der Waals surface area contributed by atoms with Gasteiger partial charge in [0.1, 0.15) is 6.10 Å². The molecule has 0 unspecified atom stereocenters.